The van der Waals surface area contributed by atoms with E-state index in [0.29, 0.717) is 23.9 Å². The Hall–Kier alpha value is -2.33. The normalized spacial score (nSPS) is 26.3. The molecule has 0 aromatic heterocycles. The third kappa shape index (κ3) is 4.32. The molecule has 5 heteroatoms. The first-order valence-corrected chi connectivity index (χ1v) is 10.7. The van der Waals surface area contributed by atoms with E-state index in [9.17, 15) is 9.59 Å². The van der Waals surface area contributed by atoms with Crippen LogP contribution in [0.15, 0.2) is 54.6 Å². The van der Waals surface area contributed by atoms with Gasteiger partial charge in [0.15, 0.2) is 0 Å². The van der Waals surface area contributed by atoms with E-state index in [1.807, 2.05) is 47.4 Å². The molecule has 29 heavy (non-hydrogen) atoms. The lowest BCUT2D eigenvalue weighted by Gasteiger charge is -2.40. The largest absolute Gasteiger partial charge is 0.346 e. The monoisotopic (exact) mass is 410 g/mol. The minimum absolute atomic E-state index is 0.0242. The minimum Gasteiger partial charge on any atom is -0.346 e. The quantitative estimate of drug-likeness (QED) is 0.785. The molecule has 4 nitrogen and oxygen atoms in total. The highest BCUT2D eigenvalue weighted by Gasteiger charge is 2.49. The number of amides is 2. The second-order valence-corrected chi connectivity index (χ2v) is 9.04. The number of nitrogens with zero attached hydrogens (tertiary/aromatic N) is 1. The molecule has 0 unspecified atom stereocenters. The van der Waals surface area contributed by atoms with Crippen molar-refractivity contribution in [2.45, 2.75) is 44.7 Å². The van der Waals surface area contributed by atoms with Crippen molar-refractivity contribution in [2.24, 2.45) is 11.8 Å². The van der Waals surface area contributed by atoms with Crippen LogP contribution in [0.1, 0.15) is 49.8 Å². The summed E-state index contributed by atoms with van der Waals surface area (Å²) in [6, 6.07) is 17.1. The van der Waals surface area contributed by atoms with Crippen molar-refractivity contribution in [1.82, 2.24) is 10.2 Å². The van der Waals surface area contributed by atoms with Crippen LogP contribution in [0.4, 0.5) is 0 Å². The highest BCUT2D eigenvalue weighted by atomic mass is 35.5. The number of carbonyl (C=O) groups excluding carboxylic acids is 2. The summed E-state index contributed by atoms with van der Waals surface area (Å²) in [5.41, 5.74) is 2.18. The van der Waals surface area contributed by atoms with Crippen molar-refractivity contribution in [3.63, 3.8) is 0 Å². The number of carbonyl (C=O) groups is 2. The number of hydrogen-bond acceptors (Lipinski definition) is 2. The predicted octanol–water partition coefficient (Wildman–Crippen LogP) is 4.56. The van der Waals surface area contributed by atoms with Crippen LogP contribution in [-0.4, -0.2) is 29.3 Å². The number of benzene rings is 2. The lowest BCUT2D eigenvalue weighted by Crippen LogP contribution is -2.59. The highest BCUT2D eigenvalue weighted by Crippen LogP contribution is 2.49. The van der Waals surface area contributed by atoms with Gasteiger partial charge in [-0.25, -0.2) is 0 Å². The molecule has 1 heterocycles. The number of hydrogen-bond donors (Lipinski definition) is 1. The zero-order chi connectivity index (χ0) is 20.5. The van der Waals surface area contributed by atoms with Crippen LogP contribution in [0.25, 0.3) is 0 Å². The fraction of sp³-hybridized carbons (Fsp3) is 0.417. The second kappa shape index (κ2) is 8.19. The molecule has 1 saturated carbocycles. The van der Waals surface area contributed by atoms with Crippen LogP contribution in [0.3, 0.4) is 0 Å². The predicted molar refractivity (Wildman–Crippen MR) is 115 cm³/mol. The van der Waals surface area contributed by atoms with Gasteiger partial charge in [0.2, 0.25) is 11.8 Å². The zero-order valence-corrected chi connectivity index (χ0v) is 17.6. The number of nitrogens with one attached hydrogen (secondary N) is 1. The smallest absolute Gasteiger partial charge is 0.243 e. The molecule has 2 aromatic carbocycles. The van der Waals surface area contributed by atoms with Gasteiger partial charge in [-0.15, -0.1) is 0 Å². The van der Waals surface area contributed by atoms with Crippen LogP contribution in [0.5, 0.6) is 0 Å². The van der Waals surface area contributed by atoms with E-state index in [-0.39, 0.29) is 29.7 Å². The average Bonchev–Trinajstić information content (AvgIpc) is 3.51. The summed E-state index contributed by atoms with van der Waals surface area (Å²) in [6.45, 7) is 4.68. The maximum absolute atomic E-state index is 13.4. The molecule has 1 N–H and O–H groups in total. The third-order valence-corrected chi connectivity index (χ3v) is 6.21. The van der Waals surface area contributed by atoms with Gasteiger partial charge in [-0.1, -0.05) is 67.9 Å². The Labute approximate surface area is 177 Å². The van der Waals surface area contributed by atoms with Crippen LogP contribution < -0.4 is 5.32 Å². The molecule has 4 rings (SSSR count). The van der Waals surface area contributed by atoms with E-state index in [2.05, 4.69) is 31.3 Å². The Morgan fingerprint density at radius 3 is 2.45 bits per heavy atom. The van der Waals surface area contributed by atoms with Gasteiger partial charge in [-0.2, -0.15) is 0 Å². The first-order valence-electron chi connectivity index (χ1n) is 10.3. The second-order valence-electron chi connectivity index (χ2n) is 8.61. The van der Waals surface area contributed by atoms with Crippen LogP contribution in [-0.2, 0) is 9.59 Å². The zero-order valence-electron chi connectivity index (χ0n) is 16.8. The van der Waals surface area contributed by atoms with Gasteiger partial charge in [0, 0.05) is 17.5 Å². The molecule has 0 bridgehead atoms. The first-order chi connectivity index (χ1) is 13.9. The van der Waals surface area contributed by atoms with Crippen LogP contribution in [0.2, 0.25) is 5.02 Å². The van der Waals surface area contributed by atoms with Crippen molar-refractivity contribution in [3.8, 4) is 0 Å². The molecular weight excluding hydrogens is 384 g/mol. The molecule has 4 atom stereocenters. The van der Waals surface area contributed by atoms with Crippen LogP contribution >= 0.6 is 11.6 Å². The summed E-state index contributed by atoms with van der Waals surface area (Å²) in [4.78, 5) is 28.2. The van der Waals surface area contributed by atoms with Gasteiger partial charge in [0.05, 0.1) is 6.04 Å². The molecule has 2 amide bonds. The SMILES string of the molecule is CC(C)C[C@H]1C(=O)N[C@@H](c2ccc(Cl)cc2)CN1C(=O)[C@@H]1C[C@H]1c1ccccc1. The molecule has 2 fully saturated rings. The van der Waals surface area contributed by atoms with Crippen molar-refractivity contribution in [2.75, 3.05) is 6.54 Å². The molecule has 1 aliphatic carbocycles. The van der Waals surface area contributed by atoms with Gasteiger partial charge in [0.1, 0.15) is 6.04 Å². The van der Waals surface area contributed by atoms with Crippen molar-refractivity contribution < 1.29 is 9.59 Å². The first kappa shape index (κ1) is 20.0. The molecule has 0 spiro atoms. The van der Waals surface area contributed by atoms with E-state index >= 15 is 0 Å². The molecule has 0 radical (unpaired) electrons. The standard InChI is InChI=1S/C24H27ClN2O2/c1-15(2)12-22-23(28)26-21(17-8-10-18(25)11-9-17)14-27(22)24(29)20-13-19(20)16-6-4-3-5-7-16/h3-11,15,19-22H,12-14H2,1-2H3,(H,26,28)/t19-,20+,21+,22-/m0/s1. The maximum atomic E-state index is 13.4. The molecule has 2 aromatic rings. The average molecular weight is 411 g/mol. The molecular formula is C24H27ClN2O2. The lowest BCUT2D eigenvalue weighted by atomic mass is 9.95. The van der Waals surface area contributed by atoms with Gasteiger partial charge >= 0.3 is 0 Å². The highest BCUT2D eigenvalue weighted by molar-refractivity contribution is 6.30. The topological polar surface area (TPSA) is 49.4 Å². The van der Waals surface area contributed by atoms with Gasteiger partial charge in [-0.3, -0.25) is 9.59 Å². The van der Waals surface area contributed by atoms with Crippen molar-refractivity contribution in [1.29, 1.82) is 0 Å². The Morgan fingerprint density at radius 2 is 1.79 bits per heavy atom. The Morgan fingerprint density at radius 1 is 1.10 bits per heavy atom. The number of halogens is 1. The fourth-order valence-corrected chi connectivity index (χ4v) is 4.46. The summed E-state index contributed by atoms with van der Waals surface area (Å²) >= 11 is 6.01. The molecule has 2 aliphatic rings. The van der Waals surface area contributed by atoms with E-state index in [0.717, 1.165) is 12.0 Å². The number of piperazine rings is 1. The summed E-state index contributed by atoms with van der Waals surface area (Å²) in [5.74, 6) is 0.622. The Balaban J connectivity index is 1.55. The van der Waals surface area contributed by atoms with Gasteiger partial charge in [0.25, 0.3) is 0 Å². The van der Waals surface area contributed by atoms with Gasteiger partial charge < -0.3 is 10.2 Å². The summed E-state index contributed by atoms with van der Waals surface area (Å²) in [5, 5.41) is 3.78. The maximum Gasteiger partial charge on any atom is 0.243 e. The van der Waals surface area contributed by atoms with E-state index in [4.69, 9.17) is 11.6 Å². The third-order valence-electron chi connectivity index (χ3n) is 5.96. The molecule has 1 aliphatic heterocycles. The fourth-order valence-electron chi connectivity index (χ4n) is 4.34. The number of rotatable bonds is 5. The Bertz CT molecular complexity index is 882. The summed E-state index contributed by atoms with van der Waals surface area (Å²) < 4.78 is 0. The van der Waals surface area contributed by atoms with E-state index < -0.39 is 6.04 Å². The summed E-state index contributed by atoms with van der Waals surface area (Å²) in [7, 11) is 0. The van der Waals surface area contributed by atoms with Crippen LogP contribution in [0, 0.1) is 11.8 Å². The van der Waals surface area contributed by atoms with E-state index in [1.165, 1.54) is 5.56 Å². The van der Waals surface area contributed by atoms with E-state index in [1.54, 1.807) is 0 Å². The molecule has 1 saturated heterocycles. The Kier molecular flexibility index (Phi) is 5.64. The summed E-state index contributed by atoms with van der Waals surface area (Å²) in [6.07, 6.45) is 1.54. The minimum atomic E-state index is -0.400. The molecule has 152 valence electrons. The van der Waals surface area contributed by atoms with Crippen molar-refractivity contribution in [3.05, 3.63) is 70.7 Å². The lowest BCUT2D eigenvalue weighted by molar-refractivity contribution is -0.146. The van der Waals surface area contributed by atoms with Crippen molar-refractivity contribution >= 4 is 23.4 Å². The van der Waals surface area contributed by atoms with Gasteiger partial charge in [-0.05, 0) is 47.9 Å².